The van der Waals surface area contributed by atoms with Gasteiger partial charge in [-0.3, -0.25) is 9.59 Å². The Morgan fingerprint density at radius 2 is 1.55 bits per heavy atom. The topological polar surface area (TPSA) is 67.4 Å². The average Bonchev–Trinajstić information content (AvgIpc) is 2.74. The maximum absolute atomic E-state index is 13.6. The van der Waals surface area contributed by atoms with Crippen molar-refractivity contribution in [1.82, 2.24) is 5.32 Å². The van der Waals surface area contributed by atoms with Crippen LogP contribution in [0.25, 0.3) is 0 Å². The molecule has 0 saturated heterocycles. The van der Waals surface area contributed by atoms with E-state index in [2.05, 4.69) is 10.6 Å². The summed E-state index contributed by atoms with van der Waals surface area (Å²) < 4.78 is 19.1. The van der Waals surface area contributed by atoms with E-state index in [1.807, 2.05) is 6.07 Å². The number of carbonyl (C=O) groups is 2. The first-order valence-electron chi connectivity index (χ1n) is 9.18. The number of hydrogen-bond acceptors (Lipinski definition) is 3. The average molecular weight is 392 g/mol. The van der Waals surface area contributed by atoms with E-state index in [-0.39, 0.29) is 30.2 Å². The zero-order chi connectivity index (χ0) is 20.6. The van der Waals surface area contributed by atoms with Gasteiger partial charge in [0.2, 0.25) is 0 Å². The second-order valence-electron chi connectivity index (χ2n) is 6.48. The standard InChI is InChI=1S/C23H21FN2O3/c1-16(15-29-21-14-8-6-12-19(21)24)25-23(28)18-11-5-7-13-20(18)26-22(27)17-9-3-2-4-10-17/h2-14,16H,15H2,1H3,(H,25,28)(H,26,27). The van der Waals surface area contributed by atoms with Gasteiger partial charge in [-0.15, -0.1) is 0 Å². The van der Waals surface area contributed by atoms with Gasteiger partial charge in [0.25, 0.3) is 11.8 Å². The zero-order valence-electron chi connectivity index (χ0n) is 15.9. The molecule has 0 aromatic heterocycles. The predicted octanol–water partition coefficient (Wildman–Crippen LogP) is 4.28. The normalized spacial score (nSPS) is 11.4. The fourth-order valence-corrected chi connectivity index (χ4v) is 2.69. The molecule has 0 radical (unpaired) electrons. The van der Waals surface area contributed by atoms with Crippen molar-refractivity contribution in [2.75, 3.05) is 11.9 Å². The highest BCUT2D eigenvalue weighted by Crippen LogP contribution is 2.18. The van der Waals surface area contributed by atoms with Gasteiger partial charge >= 0.3 is 0 Å². The van der Waals surface area contributed by atoms with E-state index in [1.165, 1.54) is 12.1 Å². The largest absolute Gasteiger partial charge is 0.488 e. The van der Waals surface area contributed by atoms with Gasteiger partial charge in [0, 0.05) is 5.56 Å². The predicted molar refractivity (Wildman–Crippen MR) is 110 cm³/mol. The van der Waals surface area contributed by atoms with Gasteiger partial charge in [0.15, 0.2) is 11.6 Å². The fourth-order valence-electron chi connectivity index (χ4n) is 2.69. The van der Waals surface area contributed by atoms with Crippen molar-refractivity contribution in [2.24, 2.45) is 0 Å². The van der Waals surface area contributed by atoms with Crippen LogP contribution in [0.2, 0.25) is 0 Å². The molecule has 5 nitrogen and oxygen atoms in total. The van der Waals surface area contributed by atoms with Crippen molar-refractivity contribution >= 4 is 17.5 Å². The van der Waals surface area contributed by atoms with E-state index in [4.69, 9.17) is 4.74 Å². The van der Waals surface area contributed by atoms with Crippen molar-refractivity contribution in [2.45, 2.75) is 13.0 Å². The molecule has 1 atom stereocenters. The summed E-state index contributed by atoms with van der Waals surface area (Å²) in [6, 6.07) is 21.2. The number of carbonyl (C=O) groups excluding carboxylic acids is 2. The van der Waals surface area contributed by atoms with Gasteiger partial charge in [-0.25, -0.2) is 4.39 Å². The minimum atomic E-state index is -0.458. The third-order valence-corrected chi connectivity index (χ3v) is 4.16. The molecule has 29 heavy (non-hydrogen) atoms. The molecule has 0 fully saturated rings. The zero-order valence-corrected chi connectivity index (χ0v) is 15.9. The first-order chi connectivity index (χ1) is 14.0. The number of ether oxygens (including phenoxy) is 1. The van der Waals surface area contributed by atoms with Crippen molar-refractivity contribution in [3.63, 3.8) is 0 Å². The van der Waals surface area contributed by atoms with Gasteiger partial charge in [-0.1, -0.05) is 42.5 Å². The molecule has 0 saturated carbocycles. The molecule has 148 valence electrons. The molecular formula is C23H21FN2O3. The number of benzene rings is 3. The molecular weight excluding hydrogens is 371 g/mol. The quantitative estimate of drug-likeness (QED) is 0.631. The maximum atomic E-state index is 13.6. The fraction of sp³-hybridized carbons (Fsp3) is 0.130. The lowest BCUT2D eigenvalue weighted by Gasteiger charge is -2.17. The Kier molecular flexibility index (Phi) is 6.58. The Balaban J connectivity index is 1.63. The van der Waals surface area contributed by atoms with Crippen LogP contribution in [-0.2, 0) is 0 Å². The van der Waals surface area contributed by atoms with E-state index in [0.29, 0.717) is 16.8 Å². The van der Waals surface area contributed by atoms with Crippen LogP contribution in [0.15, 0.2) is 78.9 Å². The van der Waals surface area contributed by atoms with Crippen molar-refractivity contribution in [1.29, 1.82) is 0 Å². The summed E-state index contributed by atoms with van der Waals surface area (Å²) in [7, 11) is 0. The van der Waals surface area contributed by atoms with Crippen LogP contribution in [0.3, 0.4) is 0 Å². The SMILES string of the molecule is CC(COc1ccccc1F)NC(=O)c1ccccc1NC(=O)c1ccccc1. The number of amides is 2. The summed E-state index contributed by atoms with van der Waals surface area (Å²) in [5.74, 6) is -0.996. The van der Waals surface area contributed by atoms with Crippen LogP contribution in [0.4, 0.5) is 10.1 Å². The number of halogens is 1. The number of nitrogens with one attached hydrogen (secondary N) is 2. The first-order valence-corrected chi connectivity index (χ1v) is 9.18. The molecule has 3 rings (SSSR count). The molecule has 2 N–H and O–H groups in total. The molecule has 0 aliphatic heterocycles. The molecule has 0 heterocycles. The second-order valence-corrected chi connectivity index (χ2v) is 6.48. The monoisotopic (exact) mass is 392 g/mol. The highest BCUT2D eigenvalue weighted by atomic mass is 19.1. The van der Waals surface area contributed by atoms with Gasteiger partial charge in [-0.05, 0) is 43.3 Å². The van der Waals surface area contributed by atoms with Crippen LogP contribution in [0.1, 0.15) is 27.6 Å². The van der Waals surface area contributed by atoms with Crippen LogP contribution in [0.5, 0.6) is 5.75 Å². The molecule has 3 aromatic carbocycles. The van der Waals surface area contributed by atoms with Gasteiger partial charge in [0.05, 0.1) is 17.3 Å². The summed E-state index contributed by atoms with van der Waals surface area (Å²) >= 11 is 0. The minimum absolute atomic E-state index is 0.102. The summed E-state index contributed by atoms with van der Waals surface area (Å²) in [5, 5.41) is 5.57. The van der Waals surface area contributed by atoms with Crippen LogP contribution in [-0.4, -0.2) is 24.5 Å². The third-order valence-electron chi connectivity index (χ3n) is 4.16. The van der Waals surface area contributed by atoms with E-state index in [1.54, 1.807) is 67.6 Å². The number of anilines is 1. The number of hydrogen-bond donors (Lipinski definition) is 2. The van der Waals surface area contributed by atoms with Crippen molar-refractivity contribution < 1.29 is 18.7 Å². The van der Waals surface area contributed by atoms with Crippen LogP contribution in [0, 0.1) is 5.82 Å². The summed E-state index contributed by atoms with van der Waals surface area (Å²) in [6.45, 7) is 1.86. The Morgan fingerprint density at radius 1 is 0.897 bits per heavy atom. The number of rotatable bonds is 7. The van der Waals surface area contributed by atoms with Gasteiger partial charge in [0.1, 0.15) is 6.61 Å². The van der Waals surface area contributed by atoms with Crippen molar-refractivity contribution in [3.8, 4) is 5.75 Å². The molecule has 0 aliphatic carbocycles. The van der Waals surface area contributed by atoms with Crippen LogP contribution < -0.4 is 15.4 Å². The van der Waals surface area contributed by atoms with E-state index in [0.717, 1.165) is 0 Å². The highest BCUT2D eigenvalue weighted by molar-refractivity contribution is 6.09. The lowest BCUT2D eigenvalue weighted by molar-refractivity contribution is 0.0927. The van der Waals surface area contributed by atoms with Crippen molar-refractivity contribution in [3.05, 3.63) is 95.8 Å². The summed E-state index contributed by atoms with van der Waals surface area (Å²) in [5.41, 5.74) is 1.23. The van der Waals surface area contributed by atoms with Gasteiger partial charge < -0.3 is 15.4 Å². The van der Waals surface area contributed by atoms with E-state index in [9.17, 15) is 14.0 Å². The Morgan fingerprint density at radius 3 is 2.31 bits per heavy atom. The first kappa shape index (κ1) is 20.1. The second kappa shape index (κ2) is 9.50. The summed E-state index contributed by atoms with van der Waals surface area (Å²) in [6.07, 6.45) is 0. The highest BCUT2D eigenvalue weighted by Gasteiger charge is 2.16. The smallest absolute Gasteiger partial charge is 0.255 e. The molecule has 1 unspecified atom stereocenters. The van der Waals surface area contributed by atoms with E-state index >= 15 is 0 Å². The maximum Gasteiger partial charge on any atom is 0.255 e. The van der Waals surface area contributed by atoms with E-state index < -0.39 is 5.82 Å². The Bertz CT molecular complexity index is 992. The molecule has 0 spiro atoms. The van der Waals surface area contributed by atoms with Gasteiger partial charge in [-0.2, -0.15) is 0 Å². The molecule has 3 aromatic rings. The number of para-hydroxylation sites is 2. The minimum Gasteiger partial charge on any atom is -0.488 e. The molecule has 2 amide bonds. The molecule has 6 heteroatoms. The Labute approximate surface area is 168 Å². The molecule has 0 aliphatic rings. The lowest BCUT2D eigenvalue weighted by atomic mass is 10.1. The lowest BCUT2D eigenvalue weighted by Crippen LogP contribution is -2.37. The molecule has 0 bridgehead atoms. The van der Waals surface area contributed by atoms with Crippen LogP contribution >= 0.6 is 0 Å². The summed E-state index contributed by atoms with van der Waals surface area (Å²) in [4.78, 5) is 25.1. The Hall–Kier alpha value is -3.67. The third kappa shape index (κ3) is 5.42.